The number of rotatable bonds is 3. The van der Waals surface area contributed by atoms with Gasteiger partial charge in [-0.1, -0.05) is 0 Å². The number of carbonyl (C=O) groups is 1. The van der Waals surface area contributed by atoms with Crippen LogP contribution in [0.1, 0.15) is 24.0 Å². The van der Waals surface area contributed by atoms with E-state index in [2.05, 4.69) is 4.98 Å². The summed E-state index contributed by atoms with van der Waals surface area (Å²) >= 11 is 0. The Morgan fingerprint density at radius 2 is 2.36 bits per heavy atom. The van der Waals surface area contributed by atoms with Crippen molar-refractivity contribution < 1.29 is 9.90 Å². The van der Waals surface area contributed by atoms with Crippen molar-refractivity contribution >= 4 is 5.97 Å². The summed E-state index contributed by atoms with van der Waals surface area (Å²) in [4.78, 5) is 15.0. The fraction of sp³-hybridized carbons (Fsp3) is 0.455. The molecule has 0 aromatic carbocycles. The van der Waals surface area contributed by atoms with Gasteiger partial charge in [-0.25, -0.2) is 0 Å². The molecular weight excluding hydrogens is 178 g/mol. The molecule has 1 aromatic rings. The number of aryl methyl sites for hydroxylation is 1. The second-order valence-electron chi connectivity index (χ2n) is 4.06. The molecule has 1 heterocycles. The van der Waals surface area contributed by atoms with Crippen LogP contribution in [0.4, 0.5) is 0 Å². The maximum Gasteiger partial charge on any atom is 0.309 e. The number of carboxylic acids is 1. The zero-order valence-electron chi connectivity index (χ0n) is 8.16. The standard InChI is InChI=1S/C11H13NO2/c1-8-7-12-5-2-9(8)6-11(3-4-11)10(13)14/h2,5,7H,3-4,6H2,1H3,(H,13,14). The number of hydrogen-bond acceptors (Lipinski definition) is 2. The molecule has 0 aliphatic heterocycles. The second-order valence-corrected chi connectivity index (χ2v) is 4.06. The van der Waals surface area contributed by atoms with Crippen LogP contribution in [0.15, 0.2) is 18.5 Å². The second kappa shape index (κ2) is 3.08. The first-order chi connectivity index (χ1) is 6.64. The van der Waals surface area contributed by atoms with E-state index in [9.17, 15) is 4.79 Å². The van der Waals surface area contributed by atoms with Gasteiger partial charge in [0.15, 0.2) is 0 Å². The van der Waals surface area contributed by atoms with Gasteiger partial charge < -0.3 is 5.11 Å². The molecule has 14 heavy (non-hydrogen) atoms. The van der Waals surface area contributed by atoms with Crippen LogP contribution in [0, 0.1) is 12.3 Å². The Labute approximate surface area is 82.8 Å². The van der Waals surface area contributed by atoms with Gasteiger partial charge in [-0.2, -0.15) is 0 Å². The first kappa shape index (κ1) is 9.19. The number of nitrogens with zero attached hydrogens (tertiary/aromatic N) is 1. The van der Waals surface area contributed by atoms with E-state index in [0.717, 1.165) is 24.0 Å². The fourth-order valence-corrected chi connectivity index (χ4v) is 1.68. The van der Waals surface area contributed by atoms with Crippen molar-refractivity contribution in [2.24, 2.45) is 5.41 Å². The summed E-state index contributed by atoms with van der Waals surface area (Å²) < 4.78 is 0. The van der Waals surface area contributed by atoms with E-state index in [-0.39, 0.29) is 0 Å². The molecule has 0 radical (unpaired) electrons. The summed E-state index contributed by atoms with van der Waals surface area (Å²) in [5.74, 6) is -0.659. The molecule has 1 fully saturated rings. The number of hydrogen-bond donors (Lipinski definition) is 1. The van der Waals surface area contributed by atoms with Crippen molar-refractivity contribution in [1.82, 2.24) is 4.98 Å². The van der Waals surface area contributed by atoms with Crippen LogP contribution in [0.25, 0.3) is 0 Å². The summed E-state index contributed by atoms with van der Waals surface area (Å²) in [6, 6.07) is 1.92. The summed E-state index contributed by atoms with van der Waals surface area (Å²) in [7, 11) is 0. The summed E-state index contributed by atoms with van der Waals surface area (Å²) in [5.41, 5.74) is 1.73. The number of aromatic nitrogens is 1. The quantitative estimate of drug-likeness (QED) is 0.792. The molecule has 0 atom stereocenters. The monoisotopic (exact) mass is 191 g/mol. The van der Waals surface area contributed by atoms with E-state index in [4.69, 9.17) is 5.11 Å². The van der Waals surface area contributed by atoms with E-state index < -0.39 is 11.4 Å². The highest BCUT2D eigenvalue weighted by atomic mass is 16.4. The first-order valence-corrected chi connectivity index (χ1v) is 4.77. The number of pyridine rings is 1. The van der Waals surface area contributed by atoms with E-state index >= 15 is 0 Å². The lowest BCUT2D eigenvalue weighted by atomic mass is 9.95. The molecule has 0 saturated heterocycles. The van der Waals surface area contributed by atoms with E-state index in [1.165, 1.54) is 0 Å². The van der Waals surface area contributed by atoms with Crippen LogP contribution in [-0.4, -0.2) is 16.1 Å². The molecule has 1 N–H and O–H groups in total. The Morgan fingerprint density at radius 3 is 2.86 bits per heavy atom. The molecule has 1 saturated carbocycles. The third kappa shape index (κ3) is 1.50. The Morgan fingerprint density at radius 1 is 1.64 bits per heavy atom. The highest BCUT2D eigenvalue weighted by Gasteiger charge is 2.50. The van der Waals surface area contributed by atoms with Crippen LogP contribution >= 0.6 is 0 Å². The van der Waals surface area contributed by atoms with Crippen LogP contribution in [0.3, 0.4) is 0 Å². The predicted octanol–water partition coefficient (Wildman–Crippen LogP) is 1.80. The van der Waals surface area contributed by atoms with Crippen molar-refractivity contribution in [3.63, 3.8) is 0 Å². The maximum absolute atomic E-state index is 11.0. The van der Waals surface area contributed by atoms with Gasteiger partial charge in [0.05, 0.1) is 5.41 Å². The number of aliphatic carboxylic acids is 1. The van der Waals surface area contributed by atoms with Crippen molar-refractivity contribution in [2.45, 2.75) is 26.2 Å². The minimum Gasteiger partial charge on any atom is -0.481 e. The largest absolute Gasteiger partial charge is 0.481 e. The molecule has 74 valence electrons. The van der Waals surface area contributed by atoms with Crippen LogP contribution in [-0.2, 0) is 11.2 Å². The molecule has 3 nitrogen and oxygen atoms in total. The van der Waals surface area contributed by atoms with Gasteiger partial charge >= 0.3 is 5.97 Å². The summed E-state index contributed by atoms with van der Waals surface area (Å²) in [6.45, 7) is 1.97. The Balaban J connectivity index is 2.19. The molecule has 1 aliphatic rings. The van der Waals surface area contributed by atoms with Crippen LogP contribution in [0.5, 0.6) is 0 Å². The molecular formula is C11H13NO2. The molecule has 2 rings (SSSR count). The molecule has 0 bridgehead atoms. The van der Waals surface area contributed by atoms with E-state index in [1.807, 2.05) is 13.0 Å². The molecule has 0 spiro atoms. The molecule has 0 amide bonds. The predicted molar refractivity (Wildman–Crippen MR) is 52.0 cm³/mol. The fourth-order valence-electron chi connectivity index (χ4n) is 1.68. The van der Waals surface area contributed by atoms with Gasteiger partial charge in [-0.15, -0.1) is 0 Å². The first-order valence-electron chi connectivity index (χ1n) is 4.77. The molecule has 1 aliphatic carbocycles. The highest BCUT2D eigenvalue weighted by Crippen LogP contribution is 2.48. The minimum absolute atomic E-state index is 0.466. The Hall–Kier alpha value is -1.38. The van der Waals surface area contributed by atoms with Crippen molar-refractivity contribution in [2.75, 3.05) is 0 Å². The average Bonchev–Trinajstić information content (AvgIpc) is 2.90. The van der Waals surface area contributed by atoms with Crippen molar-refractivity contribution in [3.8, 4) is 0 Å². The zero-order valence-corrected chi connectivity index (χ0v) is 8.16. The zero-order chi connectivity index (χ0) is 10.2. The van der Waals surface area contributed by atoms with E-state index in [0.29, 0.717) is 6.42 Å². The maximum atomic E-state index is 11.0. The average molecular weight is 191 g/mol. The Kier molecular flexibility index (Phi) is 2.02. The highest BCUT2D eigenvalue weighted by molar-refractivity contribution is 5.78. The molecule has 0 unspecified atom stereocenters. The lowest BCUT2D eigenvalue weighted by Crippen LogP contribution is -2.18. The SMILES string of the molecule is Cc1cnccc1CC1(C(=O)O)CC1. The lowest BCUT2D eigenvalue weighted by molar-refractivity contribution is -0.143. The lowest BCUT2D eigenvalue weighted by Gasteiger charge is -2.10. The van der Waals surface area contributed by atoms with Crippen molar-refractivity contribution in [1.29, 1.82) is 0 Å². The van der Waals surface area contributed by atoms with Gasteiger partial charge in [-0.3, -0.25) is 9.78 Å². The van der Waals surface area contributed by atoms with Gasteiger partial charge in [0.2, 0.25) is 0 Å². The number of carboxylic acid groups (broad SMARTS) is 1. The normalized spacial score (nSPS) is 17.8. The summed E-state index contributed by atoms with van der Waals surface area (Å²) in [5, 5.41) is 9.04. The topological polar surface area (TPSA) is 50.2 Å². The third-order valence-corrected chi connectivity index (χ3v) is 2.97. The van der Waals surface area contributed by atoms with Gasteiger partial charge in [0, 0.05) is 12.4 Å². The molecule has 3 heteroatoms. The van der Waals surface area contributed by atoms with Crippen molar-refractivity contribution in [3.05, 3.63) is 29.6 Å². The Bertz CT molecular complexity index is 369. The third-order valence-electron chi connectivity index (χ3n) is 2.97. The molecule has 1 aromatic heterocycles. The van der Waals surface area contributed by atoms with Gasteiger partial charge in [0.25, 0.3) is 0 Å². The summed E-state index contributed by atoms with van der Waals surface area (Å²) in [6.07, 6.45) is 5.78. The van der Waals surface area contributed by atoms with Gasteiger partial charge in [0.1, 0.15) is 0 Å². The minimum atomic E-state index is -0.659. The van der Waals surface area contributed by atoms with E-state index in [1.54, 1.807) is 12.4 Å². The van der Waals surface area contributed by atoms with Crippen LogP contribution < -0.4 is 0 Å². The smallest absolute Gasteiger partial charge is 0.309 e. The van der Waals surface area contributed by atoms with Gasteiger partial charge in [-0.05, 0) is 43.4 Å². The van der Waals surface area contributed by atoms with Crippen LogP contribution in [0.2, 0.25) is 0 Å².